The average Bonchev–Trinajstić information content (AvgIpc) is 2.58. The molecule has 1 aromatic heterocycles. The van der Waals surface area contributed by atoms with Gasteiger partial charge in [-0.05, 0) is 25.7 Å². The first-order valence-corrected chi connectivity index (χ1v) is 8.40. The maximum Gasteiger partial charge on any atom is 0.317 e. The van der Waals surface area contributed by atoms with E-state index in [2.05, 4.69) is 15.3 Å². The molecule has 0 radical (unpaired) electrons. The van der Waals surface area contributed by atoms with Gasteiger partial charge in [-0.1, -0.05) is 19.3 Å². The van der Waals surface area contributed by atoms with Crippen LogP contribution in [-0.2, 0) is 0 Å². The second kappa shape index (κ2) is 7.57. The highest BCUT2D eigenvalue weighted by molar-refractivity contribution is 5.74. The topological polar surface area (TPSA) is 67.4 Å². The second-order valence-corrected chi connectivity index (χ2v) is 6.30. The molecule has 1 saturated carbocycles. The van der Waals surface area contributed by atoms with Gasteiger partial charge in [0.05, 0.1) is 18.9 Å². The minimum atomic E-state index is -0.491. The first-order chi connectivity index (χ1) is 11.2. The number of nitrogens with one attached hydrogen (secondary N) is 1. The summed E-state index contributed by atoms with van der Waals surface area (Å²) in [5.41, 5.74) is 0. The molecule has 1 atom stereocenters. The number of aromatic nitrogens is 2. The second-order valence-electron chi connectivity index (χ2n) is 6.30. The van der Waals surface area contributed by atoms with Gasteiger partial charge in [-0.3, -0.25) is 0 Å². The predicted molar refractivity (Wildman–Crippen MR) is 82.6 cm³/mol. The summed E-state index contributed by atoms with van der Waals surface area (Å²) in [6, 6.07) is 0.453. The van der Waals surface area contributed by atoms with Crippen LogP contribution in [-0.4, -0.2) is 46.1 Å². The summed E-state index contributed by atoms with van der Waals surface area (Å²) in [6.07, 6.45) is 9.54. The molecule has 1 aromatic rings. The van der Waals surface area contributed by atoms with Gasteiger partial charge in [-0.15, -0.1) is 0 Å². The number of hydrogen-bond donors (Lipinski definition) is 1. The summed E-state index contributed by atoms with van der Waals surface area (Å²) < 4.78 is 18.5. The van der Waals surface area contributed by atoms with E-state index >= 15 is 0 Å². The van der Waals surface area contributed by atoms with Gasteiger partial charge in [-0.25, -0.2) is 19.2 Å². The number of rotatable bonds is 3. The number of halogens is 1. The number of amides is 2. The minimum Gasteiger partial charge on any atom is -0.458 e. The highest BCUT2D eigenvalue weighted by atomic mass is 19.1. The fraction of sp³-hybridized carbons (Fsp3) is 0.688. The van der Waals surface area contributed by atoms with Crippen molar-refractivity contribution in [2.24, 2.45) is 0 Å². The number of urea groups is 1. The predicted octanol–water partition coefficient (Wildman–Crippen LogP) is 2.50. The highest BCUT2D eigenvalue weighted by Crippen LogP contribution is 2.19. The van der Waals surface area contributed by atoms with E-state index in [1.807, 2.05) is 0 Å². The smallest absolute Gasteiger partial charge is 0.317 e. The van der Waals surface area contributed by atoms with Crippen molar-refractivity contribution in [1.82, 2.24) is 20.2 Å². The normalized spacial score (nSPS) is 22.7. The Morgan fingerprint density at radius 3 is 2.65 bits per heavy atom. The van der Waals surface area contributed by atoms with Crippen molar-refractivity contribution in [2.45, 2.75) is 57.1 Å². The van der Waals surface area contributed by atoms with E-state index in [4.69, 9.17) is 4.74 Å². The molecule has 2 heterocycles. The number of carbonyl (C=O) groups is 1. The maximum absolute atomic E-state index is 12.8. The quantitative estimate of drug-likeness (QED) is 0.928. The molecule has 7 heteroatoms. The summed E-state index contributed by atoms with van der Waals surface area (Å²) in [5, 5.41) is 3.13. The van der Waals surface area contributed by atoms with E-state index in [1.54, 1.807) is 4.90 Å². The minimum absolute atomic E-state index is 0.00905. The first kappa shape index (κ1) is 16.0. The third-order valence-electron chi connectivity index (χ3n) is 4.47. The monoisotopic (exact) mass is 322 g/mol. The van der Waals surface area contributed by atoms with Crippen LogP contribution < -0.4 is 10.1 Å². The molecule has 2 aliphatic rings. The van der Waals surface area contributed by atoms with E-state index < -0.39 is 5.82 Å². The van der Waals surface area contributed by atoms with Crippen LogP contribution >= 0.6 is 0 Å². The number of hydrogen-bond acceptors (Lipinski definition) is 4. The average molecular weight is 322 g/mol. The Morgan fingerprint density at radius 1 is 1.17 bits per heavy atom. The molecule has 6 nitrogen and oxygen atoms in total. The van der Waals surface area contributed by atoms with Crippen LogP contribution in [0, 0.1) is 5.82 Å². The van der Waals surface area contributed by atoms with Crippen molar-refractivity contribution in [2.75, 3.05) is 13.1 Å². The Hall–Kier alpha value is -1.92. The Labute approximate surface area is 135 Å². The molecular formula is C16H23FN4O2. The van der Waals surface area contributed by atoms with Crippen LogP contribution in [0.1, 0.15) is 44.9 Å². The highest BCUT2D eigenvalue weighted by Gasteiger charge is 2.27. The van der Waals surface area contributed by atoms with Crippen LogP contribution in [0.2, 0.25) is 0 Å². The SMILES string of the molecule is O=C(NC1CCCCC1)N1CCCC(Oc2ncc(F)cn2)C1. The standard InChI is InChI=1S/C16H23FN4O2/c17-12-9-18-15(19-10-12)23-14-7-4-8-21(11-14)16(22)20-13-5-2-1-3-6-13/h9-10,13-14H,1-8,11H2,(H,20,22). The van der Waals surface area contributed by atoms with Gasteiger partial charge in [0.25, 0.3) is 0 Å². The van der Waals surface area contributed by atoms with E-state index in [0.717, 1.165) is 44.6 Å². The Balaban J connectivity index is 1.50. The third kappa shape index (κ3) is 4.53. The number of carbonyl (C=O) groups excluding carboxylic acids is 1. The number of nitrogens with zero attached hydrogens (tertiary/aromatic N) is 3. The van der Waals surface area contributed by atoms with Gasteiger partial charge in [0.2, 0.25) is 0 Å². The number of likely N-dealkylation sites (tertiary alicyclic amines) is 1. The lowest BCUT2D eigenvalue weighted by atomic mass is 9.96. The molecule has 0 aromatic carbocycles. The van der Waals surface area contributed by atoms with Crippen LogP contribution in [0.25, 0.3) is 0 Å². The molecule has 23 heavy (non-hydrogen) atoms. The molecule has 2 amide bonds. The van der Waals surface area contributed by atoms with E-state index in [9.17, 15) is 9.18 Å². The summed E-state index contributed by atoms with van der Waals surface area (Å²) in [5.74, 6) is -0.491. The van der Waals surface area contributed by atoms with Crippen LogP contribution in [0.15, 0.2) is 12.4 Å². The van der Waals surface area contributed by atoms with Gasteiger partial charge >= 0.3 is 12.0 Å². The van der Waals surface area contributed by atoms with Crippen molar-refractivity contribution >= 4 is 6.03 Å². The largest absolute Gasteiger partial charge is 0.458 e. The van der Waals surface area contributed by atoms with Crippen LogP contribution in [0.5, 0.6) is 6.01 Å². The van der Waals surface area contributed by atoms with Gasteiger partial charge in [0.1, 0.15) is 6.10 Å². The molecule has 3 rings (SSSR count). The molecule has 1 aliphatic carbocycles. The maximum atomic E-state index is 12.8. The lowest BCUT2D eigenvalue weighted by Gasteiger charge is -2.34. The molecule has 0 spiro atoms. The Bertz CT molecular complexity index is 519. The van der Waals surface area contributed by atoms with E-state index in [0.29, 0.717) is 12.6 Å². The molecule has 2 fully saturated rings. The van der Waals surface area contributed by atoms with Crippen molar-refractivity contribution in [3.8, 4) is 6.01 Å². The number of ether oxygens (including phenoxy) is 1. The number of piperidine rings is 1. The summed E-state index contributed by atoms with van der Waals surface area (Å²) in [4.78, 5) is 21.8. The molecule has 1 N–H and O–H groups in total. The van der Waals surface area contributed by atoms with Crippen LogP contribution in [0.3, 0.4) is 0 Å². The molecule has 1 unspecified atom stereocenters. The van der Waals surface area contributed by atoms with E-state index in [-0.39, 0.29) is 18.1 Å². The van der Waals surface area contributed by atoms with Gasteiger partial charge in [-0.2, -0.15) is 0 Å². The Kier molecular flexibility index (Phi) is 5.25. The summed E-state index contributed by atoms with van der Waals surface area (Å²) >= 11 is 0. The summed E-state index contributed by atoms with van der Waals surface area (Å²) in [6.45, 7) is 1.25. The fourth-order valence-corrected chi connectivity index (χ4v) is 3.24. The van der Waals surface area contributed by atoms with Crippen molar-refractivity contribution in [3.63, 3.8) is 0 Å². The molecule has 126 valence electrons. The third-order valence-corrected chi connectivity index (χ3v) is 4.47. The van der Waals surface area contributed by atoms with Gasteiger partial charge in [0.15, 0.2) is 5.82 Å². The van der Waals surface area contributed by atoms with Crippen molar-refractivity contribution in [3.05, 3.63) is 18.2 Å². The fourth-order valence-electron chi connectivity index (χ4n) is 3.24. The zero-order valence-corrected chi connectivity index (χ0v) is 13.2. The van der Waals surface area contributed by atoms with Gasteiger partial charge in [0, 0.05) is 12.6 Å². The molecule has 1 saturated heterocycles. The molecular weight excluding hydrogens is 299 g/mol. The van der Waals surface area contributed by atoms with Crippen LogP contribution in [0.4, 0.5) is 9.18 Å². The summed E-state index contributed by atoms with van der Waals surface area (Å²) in [7, 11) is 0. The lowest BCUT2D eigenvalue weighted by Crippen LogP contribution is -2.51. The lowest BCUT2D eigenvalue weighted by molar-refractivity contribution is 0.0920. The van der Waals surface area contributed by atoms with Gasteiger partial charge < -0.3 is 15.0 Å². The van der Waals surface area contributed by atoms with E-state index in [1.165, 1.54) is 19.3 Å². The first-order valence-electron chi connectivity index (χ1n) is 8.40. The van der Waals surface area contributed by atoms with Crippen molar-refractivity contribution < 1.29 is 13.9 Å². The Morgan fingerprint density at radius 2 is 1.91 bits per heavy atom. The zero-order chi connectivity index (χ0) is 16.1. The molecule has 0 bridgehead atoms. The zero-order valence-electron chi connectivity index (χ0n) is 13.2. The molecule has 1 aliphatic heterocycles. The van der Waals surface area contributed by atoms with Crippen molar-refractivity contribution in [1.29, 1.82) is 0 Å².